The molecule has 1 N–H and O–H groups in total. The van der Waals surface area contributed by atoms with Gasteiger partial charge in [0.2, 0.25) is 5.91 Å². The Morgan fingerprint density at radius 2 is 2.14 bits per heavy atom. The molecule has 0 radical (unpaired) electrons. The first-order valence-corrected chi connectivity index (χ1v) is 9.87. The van der Waals surface area contributed by atoms with Crippen LogP contribution in [0.2, 0.25) is 5.02 Å². The number of hydrogen-bond acceptors (Lipinski definition) is 5. The van der Waals surface area contributed by atoms with Crippen molar-refractivity contribution in [2.75, 3.05) is 17.3 Å². The molecule has 0 unspecified atom stereocenters. The Morgan fingerprint density at radius 3 is 2.90 bits per heavy atom. The smallest absolute Gasteiger partial charge is 0.249 e. The van der Waals surface area contributed by atoms with E-state index in [1.54, 1.807) is 37.5 Å². The van der Waals surface area contributed by atoms with Crippen LogP contribution in [0.25, 0.3) is 0 Å². The Hall–Kier alpha value is -2.71. The van der Waals surface area contributed by atoms with Gasteiger partial charge in [0, 0.05) is 25.7 Å². The van der Waals surface area contributed by atoms with Crippen LogP contribution in [0.1, 0.15) is 5.56 Å². The second-order valence-corrected chi connectivity index (χ2v) is 7.73. The zero-order valence-electron chi connectivity index (χ0n) is 15.2. The molecule has 0 aliphatic carbocycles. The number of anilines is 2. The minimum Gasteiger partial charge on any atom is -0.452 e. The summed E-state index contributed by atoms with van der Waals surface area (Å²) in [7, 11) is 1.65. The molecule has 4 rings (SSSR count). The molecule has 1 aliphatic rings. The van der Waals surface area contributed by atoms with Crippen LogP contribution in [-0.2, 0) is 11.2 Å². The van der Waals surface area contributed by atoms with Gasteiger partial charge in [0.1, 0.15) is 23.4 Å². The van der Waals surface area contributed by atoms with Gasteiger partial charge in [0.25, 0.3) is 0 Å². The predicted octanol–water partition coefficient (Wildman–Crippen LogP) is 4.82. The number of hydrogen-bond donors (Lipinski definition) is 1. The van der Waals surface area contributed by atoms with Crippen LogP contribution in [0.15, 0.2) is 53.1 Å². The summed E-state index contributed by atoms with van der Waals surface area (Å²) in [5, 5.41) is 11.2. The van der Waals surface area contributed by atoms with E-state index in [-0.39, 0.29) is 11.7 Å². The third kappa shape index (κ3) is 3.90. The van der Waals surface area contributed by atoms with Crippen molar-refractivity contribution in [1.82, 2.24) is 10.2 Å². The highest BCUT2D eigenvalue weighted by atomic mass is 79.9. The van der Waals surface area contributed by atoms with Gasteiger partial charge in [-0.2, -0.15) is 5.10 Å². The van der Waals surface area contributed by atoms with E-state index in [2.05, 4.69) is 31.4 Å². The third-order valence-corrected chi connectivity index (χ3v) is 5.51. The van der Waals surface area contributed by atoms with Gasteiger partial charge in [0.05, 0.1) is 15.2 Å². The molecule has 0 bridgehead atoms. The number of fused-ring (bicyclic) bond motifs is 1. The Kier molecular flexibility index (Phi) is 5.38. The van der Waals surface area contributed by atoms with Gasteiger partial charge in [-0.1, -0.05) is 17.7 Å². The normalized spacial score (nSPS) is 15.8. The van der Waals surface area contributed by atoms with Gasteiger partial charge >= 0.3 is 0 Å². The SMILES string of the molecule is CN1C(=O)[C@H](Nc2cccnn2)Cc2ccc(Cl)c(Oc3cc(F)ccc3Br)c21. The topological polar surface area (TPSA) is 67.4 Å². The molecule has 1 atom stereocenters. The molecular formula is C20H15BrClFN4O2. The van der Waals surface area contributed by atoms with E-state index in [9.17, 15) is 9.18 Å². The summed E-state index contributed by atoms with van der Waals surface area (Å²) in [6.45, 7) is 0. The van der Waals surface area contributed by atoms with E-state index in [0.29, 0.717) is 33.2 Å². The highest BCUT2D eigenvalue weighted by Crippen LogP contribution is 2.45. The first-order valence-electron chi connectivity index (χ1n) is 8.70. The molecule has 2 aromatic carbocycles. The number of rotatable bonds is 4. The number of aromatic nitrogens is 2. The lowest BCUT2D eigenvalue weighted by molar-refractivity contribution is -0.119. The summed E-state index contributed by atoms with van der Waals surface area (Å²) in [5.74, 6) is 0.456. The third-order valence-electron chi connectivity index (χ3n) is 4.55. The zero-order valence-corrected chi connectivity index (χ0v) is 17.5. The highest BCUT2D eigenvalue weighted by Gasteiger charge is 2.34. The largest absolute Gasteiger partial charge is 0.452 e. The molecule has 0 saturated heterocycles. The number of benzene rings is 2. The highest BCUT2D eigenvalue weighted by molar-refractivity contribution is 9.10. The first kappa shape index (κ1) is 19.6. The minimum absolute atomic E-state index is 0.173. The van der Waals surface area contributed by atoms with Crippen LogP contribution < -0.4 is 15.0 Å². The number of amides is 1. The maximum Gasteiger partial charge on any atom is 0.249 e. The second-order valence-electron chi connectivity index (χ2n) is 6.47. The van der Waals surface area contributed by atoms with Gasteiger partial charge in [-0.3, -0.25) is 4.79 Å². The van der Waals surface area contributed by atoms with Gasteiger partial charge < -0.3 is 15.0 Å². The standard InChI is InChI=1S/C20H15BrClFN4O2/c1-27-18-11(9-15(20(27)28)25-17-3-2-8-24-26-17)4-7-14(22)19(18)29-16-10-12(23)5-6-13(16)21/h2-8,10,15H,9H2,1H3,(H,25,26)/t15-/m1/s1. The molecule has 2 heterocycles. The van der Waals surface area contributed by atoms with E-state index in [1.165, 1.54) is 17.0 Å². The van der Waals surface area contributed by atoms with E-state index < -0.39 is 11.9 Å². The number of nitrogens with one attached hydrogen (secondary N) is 1. The quantitative estimate of drug-likeness (QED) is 0.583. The molecule has 0 fully saturated rings. The van der Waals surface area contributed by atoms with Gasteiger partial charge in [0.15, 0.2) is 5.75 Å². The fraction of sp³-hybridized carbons (Fsp3) is 0.150. The van der Waals surface area contributed by atoms with Gasteiger partial charge in [-0.15, -0.1) is 5.10 Å². The fourth-order valence-electron chi connectivity index (χ4n) is 3.20. The lowest BCUT2D eigenvalue weighted by Gasteiger charge is -2.33. The predicted molar refractivity (Wildman–Crippen MR) is 112 cm³/mol. The lowest BCUT2D eigenvalue weighted by atomic mass is 9.97. The number of carbonyl (C=O) groups excluding carboxylic acids is 1. The molecule has 1 amide bonds. The maximum absolute atomic E-state index is 13.7. The van der Waals surface area contributed by atoms with Gasteiger partial charge in [-0.25, -0.2) is 4.39 Å². The molecule has 1 aromatic heterocycles. The lowest BCUT2D eigenvalue weighted by Crippen LogP contribution is -2.46. The van der Waals surface area contributed by atoms with Crippen LogP contribution in [0.4, 0.5) is 15.9 Å². The fourth-order valence-corrected chi connectivity index (χ4v) is 3.72. The van der Waals surface area contributed by atoms with E-state index in [4.69, 9.17) is 16.3 Å². The van der Waals surface area contributed by atoms with Crippen LogP contribution in [0, 0.1) is 5.82 Å². The Balaban J connectivity index is 1.70. The monoisotopic (exact) mass is 476 g/mol. The Labute approximate surface area is 179 Å². The number of likely N-dealkylation sites (N-methyl/N-ethyl adjacent to an activating group) is 1. The summed E-state index contributed by atoms with van der Waals surface area (Å²) in [4.78, 5) is 14.5. The maximum atomic E-state index is 13.7. The Bertz CT molecular complexity index is 1080. The van der Waals surface area contributed by atoms with Crippen LogP contribution in [0.5, 0.6) is 11.5 Å². The molecule has 29 heavy (non-hydrogen) atoms. The van der Waals surface area contributed by atoms with Crippen molar-refractivity contribution in [2.45, 2.75) is 12.5 Å². The van der Waals surface area contributed by atoms with Crippen molar-refractivity contribution in [3.05, 3.63) is 69.5 Å². The molecule has 1 aliphatic heterocycles. The summed E-state index contributed by atoms with van der Waals surface area (Å²) < 4.78 is 20.2. The van der Waals surface area contributed by atoms with Crippen molar-refractivity contribution >= 4 is 44.9 Å². The minimum atomic E-state index is -0.515. The van der Waals surface area contributed by atoms with Crippen molar-refractivity contribution in [1.29, 1.82) is 0 Å². The van der Waals surface area contributed by atoms with Gasteiger partial charge in [-0.05, 0) is 51.8 Å². The van der Waals surface area contributed by atoms with Crippen LogP contribution >= 0.6 is 27.5 Å². The summed E-state index contributed by atoms with van der Waals surface area (Å²) >= 11 is 9.72. The molecule has 9 heteroatoms. The molecule has 0 spiro atoms. The second kappa shape index (κ2) is 7.96. The summed E-state index contributed by atoms with van der Waals surface area (Å²) in [6, 6.07) is 10.6. The molecule has 0 saturated carbocycles. The van der Waals surface area contributed by atoms with Crippen LogP contribution in [0.3, 0.4) is 0 Å². The van der Waals surface area contributed by atoms with Crippen molar-refractivity contribution in [3.63, 3.8) is 0 Å². The van der Waals surface area contributed by atoms with E-state index >= 15 is 0 Å². The van der Waals surface area contributed by atoms with Crippen LogP contribution in [-0.4, -0.2) is 29.2 Å². The average molecular weight is 478 g/mol. The summed E-state index contributed by atoms with van der Waals surface area (Å²) in [6.07, 6.45) is 1.97. The van der Waals surface area contributed by atoms with Crippen molar-refractivity contribution < 1.29 is 13.9 Å². The number of nitrogens with zero attached hydrogens (tertiary/aromatic N) is 3. The summed E-state index contributed by atoms with van der Waals surface area (Å²) in [5.41, 5.74) is 1.41. The number of ether oxygens (including phenoxy) is 1. The first-order chi connectivity index (χ1) is 13.9. The van der Waals surface area contributed by atoms with E-state index in [0.717, 1.165) is 5.56 Å². The molecule has 148 valence electrons. The van der Waals surface area contributed by atoms with Crippen molar-refractivity contribution in [2.24, 2.45) is 0 Å². The Morgan fingerprint density at radius 1 is 1.31 bits per heavy atom. The number of carbonyl (C=O) groups is 1. The van der Waals surface area contributed by atoms with E-state index in [1.807, 2.05) is 6.07 Å². The number of halogens is 3. The zero-order chi connectivity index (χ0) is 20.5. The van der Waals surface area contributed by atoms with Crippen molar-refractivity contribution in [3.8, 4) is 11.5 Å². The average Bonchev–Trinajstić information content (AvgIpc) is 2.71. The molecule has 3 aromatic rings. The molecule has 6 nitrogen and oxygen atoms in total. The molecular weight excluding hydrogens is 463 g/mol.